The Morgan fingerprint density at radius 2 is 0.900 bits per heavy atom. The van der Waals surface area contributed by atoms with Crippen LogP contribution in [0.3, 0.4) is 0 Å². The SMILES string of the molecule is CC1(C)OC2(C)C(O)CC1CC2O.COCCCOC(=O)c1ccc(C(=O)OC2CC3CC(OC(=O)c4ccc(C(C)=O)cc4)C2(C)OC3(C)C)cc1.O=C(Cl)c1ccc(C(=O)Cl)cc1.OCCCO. The summed E-state index contributed by atoms with van der Waals surface area (Å²) in [4.78, 5) is 71.0. The third-order valence-corrected chi connectivity index (χ3v) is 13.7. The van der Waals surface area contributed by atoms with Gasteiger partial charge in [0.2, 0.25) is 0 Å². The number of ether oxygens (including phenoxy) is 6. The Hall–Kier alpha value is -4.62. The fourth-order valence-corrected chi connectivity index (χ4v) is 9.13. The van der Waals surface area contributed by atoms with Crippen molar-refractivity contribution in [1.29, 1.82) is 0 Å². The number of methoxy groups -OCH3 is 1. The van der Waals surface area contributed by atoms with Crippen LogP contribution in [-0.4, -0.2) is 135 Å². The van der Waals surface area contributed by atoms with E-state index in [1.807, 2.05) is 34.6 Å². The molecule has 6 aliphatic rings. The molecule has 0 aromatic heterocycles. The Balaban J connectivity index is 0.000000284. The first kappa shape index (κ1) is 58.0. The van der Waals surface area contributed by atoms with E-state index in [1.165, 1.54) is 55.5 Å². The molecule has 0 radical (unpaired) electrons. The number of benzene rings is 3. The predicted molar refractivity (Wildman–Crippen MR) is 258 cm³/mol. The van der Waals surface area contributed by atoms with E-state index >= 15 is 0 Å². The minimum absolute atomic E-state index is 0.0136. The summed E-state index contributed by atoms with van der Waals surface area (Å²) in [5, 5.41) is 34.3. The van der Waals surface area contributed by atoms with Crippen LogP contribution in [0, 0.1) is 11.8 Å². The zero-order valence-electron chi connectivity index (χ0n) is 40.9. The lowest BCUT2D eigenvalue weighted by molar-refractivity contribution is -0.311. The fourth-order valence-electron chi connectivity index (χ4n) is 8.88. The largest absolute Gasteiger partial charge is 0.462 e. The summed E-state index contributed by atoms with van der Waals surface area (Å²) in [6.45, 7) is 14.0. The minimum atomic E-state index is -1.07. The maximum absolute atomic E-state index is 13.1. The number of aliphatic hydroxyl groups is 4. The van der Waals surface area contributed by atoms with Crippen molar-refractivity contribution in [2.75, 3.05) is 33.5 Å². The van der Waals surface area contributed by atoms with Gasteiger partial charge in [-0.25, -0.2) is 14.4 Å². The molecule has 18 heteroatoms. The highest BCUT2D eigenvalue weighted by Gasteiger charge is 2.62. The molecule has 70 heavy (non-hydrogen) atoms. The van der Waals surface area contributed by atoms with E-state index < -0.39 is 69.6 Å². The van der Waals surface area contributed by atoms with E-state index in [4.69, 9.17) is 61.8 Å². The number of carbonyl (C=O) groups is 6. The number of Topliss-reactive ketones (excluding diaryl/α,β-unsaturated/α-hetero) is 1. The molecule has 3 aromatic rings. The number of carbonyl (C=O) groups excluding carboxylic acids is 6. The summed E-state index contributed by atoms with van der Waals surface area (Å²) in [5.41, 5.74) is -0.401. The zero-order valence-corrected chi connectivity index (χ0v) is 42.4. The molecule has 3 aromatic carbocycles. The van der Waals surface area contributed by atoms with Crippen LogP contribution in [0.2, 0.25) is 0 Å². The van der Waals surface area contributed by atoms with Gasteiger partial charge in [0.1, 0.15) is 23.4 Å². The van der Waals surface area contributed by atoms with Gasteiger partial charge in [-0.05, 0) is 176 Å². The van der Waals surface area contributed by atoms with E-state index in [0.29, 0.717) is 60.1 Å². The molecule has 6 unspecified atom stereocenters. The number of esters is 3. The maximum atomic E-state index is 13.1. The summed E-state index contributed by atoms with van der Waals surface area (Å²) in [7, 11) is 1.58. The number of ketones is 1. The van der Waals surface area contributed by atoms with Crippen molar-refractivity contribution in [3.63, 3.8) is 0 Å². The van der Waals surface area contributed by atoms with Crippen LogP contribution < -0.4 is 0 Å². The molecule has 6 fully saturated rings. The lowest BCUT2D eigenvalue weighted by Gasteiger charge is -2.59. The van der Waals surface area contributed by atoms with E-state index in [-0.39, 0.29) is 48.6 Å². The van der Waals surface area contributed by atoms with Gasteiger partial charge in [0.05, 0.1) is 46.7 Å². The van der Waals surface area contributed by atoms with E-state index in [2.05, 4.69) is 0 Å². The van der Waals surface area contributed by atoms with Gasteiger partial charge in [-0.1, -0.05) is 12.1 Å². The van der Waals surface area contributed by atoms with Crippen LogP contribution in [0.1, 0.15) is 149 Å². The van der Waals surface area contributed by atoms with Gasteiger partial charge in [0, 0.05) is 50.0 Å². The first-order chi connectivity index (χ1) is 32.8. The number of aliphatic hydroxyl groups excluding tert-OH is 4. The van der Waals surface area contributed by atoms with E-state index in [9.17, 15) is 39.0 Å². The van der Waals surface area contributed by atoms with Crippen LogP contribution in [0.25, 0.3) is 0 Å². The predicted octanol–water partition coefficient (Wildman–Crippen LogP) is 7.30. The third kappa shape index (κ3) is 14.7. The molecule has 4 aliphatic heterocycles. The highest BCUT2D eigenvalue weighted by Crippen LogP contribution is 2.52. The molecule has 0 amide bonds. The summed E-state index contributed by atoms with van der Waals surface area (Å²) in [6.07, 6.45) is 1.38. The molecule has 2 saturated carbocycles. The van der Waals surface area contributed by atoms with Crippen LogP contribution >= 0.6 is 23.2 Å². The fraction of sp³-hybridized carbons (Fsp3) is 0.538. The van der Waals surface area contributed by atoms with Crippen LogP contribution in [0.15, 0.2) is 72.8 Å². The van der Waals surface area contributed by atoms with Crippen molar-refractivity contribution in [2.45, 2.75) is 134 Å². The Labute approximate surface area is 418 Å². The second kappa shape index (κ2) is 25.2. The zero-order chi connectivity index (χ0) is 52.2. The standard InChI is InChI=1S/C31H36O9.C10H18O3.C8H4Cl2O2.C3H8O2/c1-19(32)20-7-9-22(10-8-20)28(34)38-25-17-24-18-26(31(25,4)40-30(24,2)3)39-29(35)23-13-11-21(12-14-23)27(33)37-16-6-15-36-5;1-9(2)6-4-7(11)10(3,13-9)8(12)5-6;9-7(11)5-1-2-6(4-3-5)8(10)12;4-2-1-3-5/h7-14,24-26H,6,15-18H2,1-5H3;6-8,11-12H,4-5H2,1-3H3;1-4H;4-5H,1-3H2. The van der Waals surface area contributed by atoms with Crippen LogP contribution in [0.5, 0.6) is 0 Å². The molecular formula is C52H66Cl2O16. The number of hydrogen-bond acceptors (Lipinski definition) is 16. The van der Waals surface area contributed by atoms with Crippen molar-refractivity contribution in [3.05, 3.63) is 106 Å². The second-order valence-corrected chi connectivity index (χ2v) is 19.7. The average molecular weight is 1020 g/mol. The smallest absolute Gasteiger partial charge is 0.338 e. The number of fused-ring (bicyclic) bond motifs is 6. The summed E-state index contributed by atoms with van der Waals surface area (Å²) < 4.78 is 34.2. The topological polar surface area (TPSA) is 239 Å². The highest BCUT2D eigenvalue weighted by molar-refractivity contribution is 6.68. The molecular weight excluding hydrogens is 951 g/mol. The normalized spacial score (nSPS) is 26.3. The minimum Gasteiger partial charge on any atom is -0.462 e. The third-order valence-electron chi connectivity index (χ3n) is 13.3. The Bertz CT molecular complexity index is 2220. The first-order valence-corrected chi connectivity index (χ1v) is 23.9. The van der Waals surface area contributed by atoms with Gasteiger partial charge in [-0.2, -0.15) is 0 Å². The molecule has 16 nitrogen and oxygen atoms in total. The van der Waals surface area contributed by atoms with Gasteiger partial charge in [0.15, 0.2) is 5.78 Å². The quantitative estimate of drug-likeness (QED) is 0.0407. The molecule has 6 atom stereocenters. The average Bonchev–Trinajstić information content (AvgIpc) is 3.30. The molecule has 4 heterocycles. The molecule has 4 N–H and O–H groups in total. The van der Waals surface area contributed by atoms with Gasteiger partial charge in [0.25, 0.3) is 10.5 Å². The van der Waals surface area contributed by atoms with Crippen LogP contribution in [-0.2, 0) is 28.4 Å². The Morgan fingerprint density at radius 3 is 1.24 bits per heavy atom. The molecule has 0 spiro atoms. The molecule has 2 aliphatic carbocycles. The van der Waals surface area contributed by atoms with Gasteiger partial charge >= 0.3 is 17.9 Å². The van der Waals surface area contributed by atoms with Gasteiger partial charge in [-0.3, -0.25) is 14.4 Å². The second-order valence-electron chi connectivity index (χ2n) is 19.1. The summed E-state index contributed by atoms with van der Waals surface area (Å²) >= 11 is 10.4. The number of halogens is 2. The van der Waals surface area contributed by atoms with Crippen molar-refractivity contribution in [1.82, 2.24) is 0 Å². The van der Waals surface area contributed by atoms with Crippen LogP contribution in [0.4, 0.5) is 0 Å². The van der Waals surface area contributed by atoms with E-state index in [0.717, 1.165) is 12.8 Å². The maximum Gasteiger partial charge on any atom is 0.338 e. The summed E-state index contributed by atoms with van der Waals surface area (Å²) in [5.74, 6) is -1.41. The van der Waals surface area contributed by atoms with Crippen molar-refractivity contribution < 1.29 is 77.6 Å². The Morgan fingerprint density at radius 1 is 0.543 bits per heavy atom. The van der Waals surface area contributed by atoms with Crippen molar-refractivity contribution >= 4 is 57.4 Å². The number of hydrogen-bond donors (Lipinski definition) is 4. The van der Waals surface area contributed by atoms with Crippen molar-refractivity contribution in [3.8, 4) is 0 Å². The monoisotopic (exact) mass is 1020 g/mol. The lowest BCUT2D eigenvalue weighted by Crippen LogP contribution is -2.69. The Kier molecular flexibility index (Phi) is 20.8. The molecule has 4 saturated heterocycles. The molecule has 9 rings (SSSR count). The highest BCUT2D eigenvalue weighted by atomic mass is 35.5. The first-order valence-electron chi connectivity index (χ1n) is 23.1. The summed E-state index contributed by atoms with van der Waals surface area (Å²) in [6, 6.07) is 18.2. The lowest BCUT2D eigenvalue weighted by atomic mass is 9.65. The van der Waals surface area contributed by atoms with Gasteiger partial charge in [-0.15, -0.1) is 0 Å². The number of rotatable bonds is 14. The molecule has 4 bridgehead atoms. The van der Waals surface area contributed by atoms with E-state index in [1.54, 1.807) is 38.3 Å². The molecule has 384 valence electrons. The van der Waals surface area contributed by atoms with Crippen molar-refractivity contribution in [2.24, 2.45) is 11.8 Å². The van der Waals surface area contributed by atoms with Gasteiger partial charge < -0.3 is 48.8 Å².